The predicted molar refractivity (Wildman–Crippen MR) is 108 cm³/mol. The molecular formula is C19H13Cl4NO2. The Morgan fingerprint density at radius 2 is 1.46 bits per heavy atom. The van der Waals surface area contributed by atoms with E-state index in [4.69, 9.17) is 51.1 Å². The molecule has 0 saturated carbocycles. The van der Waals surface area contributed by atoms with E-state index in [-0.39, 0.29) is 6.61 Å². The van der Waals surface area contributed by atoms with Crippen molar-refractivity contribution in [2.75, 3.05) is 6.61 Å². The number of halogens is 4. The number of aromatic amines is 1. The van der Waals surface area contributed by atoms with Crippen LogP contribution in [-0.4, -0.2) is 17.6 Å². The first-order valence-electron chi connectivity index (χ1n) is 7.71. The van der Waals surface area contributed by atoms with E-state index in [9.17, 15) is 4.79 Å². The third-order valence-corrected chi connectivity index (χ3v) is 5.24. The van der Waals surface area contributed by atoms with Crippen LogP contribution in [-0.2, 0) is 4.74 Å². The molecule has 0 saturated heterocycles. The van der Waals surface area contributed by atoms with Gasteiger partial charge in [0.05, 0.1) is 26.7 Å². The number of aromatic nitrogens is 1. The second kappa shape index (κ2) is 7.93. The SMILES string of the molecule is CCOC(=O)c1[nH]c(-c2ccc(Cl)c(Cl)c2)cc1-c1ccc(Cl)c(Cl)c1. The fourth-order valence-corrected chi connectivity index (χ4v) is 3.13. The number of H-pyrrole nitrogens is 1. The van der Waals surface area contributed by atoms with E-state index in [1.54, 1.807) is 37.3 Å². The summed E-state index contributed by atoms with van der Waals surface area (Å²) in [5.74, 6) is -0.458. The number of benzene rings is 2. The van der Waals surface area contributed by atoms with Crippen molar-refractivity contribution in [1.29, 1.82) is 0 Å². The molecule has 1 N–H and O–H groups in total. The first kappa shape index (κ1) is 19.1. The molecule has 3 aromatic rings. The normalized spacial score (nSPS) is 10.8. The van der Waals surface area contributed by atoms with Crippen LogP contribution in [0.3, 0.4) is 0 Å². The van der Waals surface area contributed by atoms with Gasteiger partial charge in [-0.1, -0.05) is 58.5 Å². The molecule has 0 aliphatic carbocycles. The van der Waals surface area contributed by atoms with Gasteiger partial charge in [-0.3, -0.25) is 0 Å². The number of carbonyl (C=O) groups excluding carboxylic acids is 1. The molecule has 2 aromatic carbocycles. The van der Waals surface area contributed by atoms with Crippen LogP contribution in [0.5, 0.6) is 0 Å². The Kier molecular flexibility index (Phi) is 5.83. The minimum absolute atomic E-state index is 0.265. The summed E-state index contributed by atoms with van der Waals surface area (Å²) < 4.78 is 5.16. The summed E-state index contributed by atoms with van der Waals surface area (Å²) in [7, 11) is 0. The maximum absolute atomic E-state index is 12.4. The van der Waals surface area contributed by atoms with Crippen molar-refractivity contribution in [3.8, 4) is 22.4 Å². The van der Waals surface area contributed by atoms with Gasteiger partial charge in [-0.25, -0.2) is 4.79 Å². The van der Waals surface area contributed by atoms with Crippen LogP contribution in [0, 0.1) is 0 Å². The van der Waals surface area contributed by atoms with E-state index in [1.807, 2.05) is 12.1 Å². The monoisotopic (exact) mass is 427 g/mol. The number of ether oxygens (including phenoxy) is 1. The summed E-state index contributed by atoms with van der Waals surface area (Å²) in [6, 6.07) is 12.2. The largest absolute Gasteiger partial charge is 0.461 e. The molecule has 0 aliphatic heterocycles. The van der Waals surface area contributed by atoms with E-state index in [1.165, 1.54) is 0 Å². The Morgan fingerprint density at radius 1 is 0.885 bits per heavy atom. The van der Waals surface area contributed by atoms with Crippen molar-refractivity contribution in [3.05, 3.63) is 68.2 Å². The van der Waals surface area contributed by atoms with Gasteiger partial charge in [0.1, 0.15) is 5.69 Å². The third kappa shape index (κ3) is 3.86. The summed E-state index contributed by atoms with van der Waals surface area (Å²) >= 11 is 24.2. The molecule has 3 nitrogen and oxygen atoms in total. The van der Waals surface area contributed by atoms with Crippen molar-refractivity contribution in [2.45, 2.75) is 6.92 Å². The zero-order valence-corrected chi connectivity index (χ0v) is 16.6. The molecule has 0 fully saturated rings. The zero-order chi connectivity index (χ0) is 18.8. The highest BCUT2D eigenvalue weighted by Crippen LogP contribution is 2.35. The molecule has 0 aliphatic rings. The Morgan fingerprint density at radius 3 is 2.04 bits per heavy atom. The first-order valence-corrected chi connectivity index (χ1v) is 9.23. The molecular weight excluding hydrogens is 416 g/mol. The molecule has 3 rings (SSSR count). The van der Waals surface area contributed by atoms with Crippen molar-refractivity contribution < 1.29 is 9.53 Å². The molecule has 0 atom stereocenters. The van der Waals surface area contributed by atoms with Crippen LogP contribution < -0.4 is 0 Å². The molecule has 7 heteroatoms. The zero-order valence-electron chi connectivity index (χ0n) is 13.6. The minimum Gasteiger partial charge on any atom is -0.461 e. The van der Waals surface area contributed by atoms with Gasteiger partial charge in [-0.2, -0.15) is 0 Å². The number of hydrogen-bond acceptors (Lipinski definition) is 2. The molecule has 0 bridgehead atoms. The van der Waals surface area contributed by atoms with E-state index < -0.39 is 5.97 Å². The predicted octanol–water partition coefficient (Wildman–Crippen LogP) is 7.14. The molecule has 0 spiro atoms. The van der Waals surface area contributed by atoms with Gasteiger partial charge in [0.2, 0.25) is 0 Å². The number of rotatable bonds is 4. The number of esters is 1. The quantitative estimate of drug-likeness (QED) is 0.448. The average molecular weight is 429 g/mol. The summed E-state index contributed by atoms with van der Waals surface area (Å²) in [4.78, 5) is 15.5. The van der Waals surface area contributed by atoms with Gasteiger partial charge in [-0.15, -0.1) is 0 Å². The second-order valence-corrected chi connectivity index (χ2v) is 7.08. The Labute approximate surface area is 170 Å². The molecule has 0 radical (unpaired) electrons. The number of hydrogen-bond donors (Lipinski definition) is 1. The van der Waals surface area contributed by atoms with Crippen molar-refractivity contribution in [2.24, 2.45) is 0 Å². The Hall–Kier alpha value is -1.65. The van der Waals surface area contributed by atoms with E-state index >= 15 is 0 Å². The Balaban J connectivity index is 2.15. The fourth-order valence-electron chi connectivity index (χ4n) is 2.53. The lowest BCUT2D eigenvalue weighted by Gasteiger charge is -2.05. The minimum atomic E-state index is -0.458. The summed E-state index contributed by atoms with van der Waals surface area (Å²) in [5, 5.41) is 1.72. The maximum atomic E-state index is 12.4. The number of carbonyl (C=O) groups is 1. The van der Waals surface area contributed by atoms with Gasteiger partial charge >= 0.3 is 5.97 Å². The molecule has 134 valence electrons. The van der Waals surface area contributed by atoms with Crippen LogP contribution in [0.4, 0.5) is 0 Å². The van der Waals surface area contributed by atoms with E-state index in [0.717, 1.165) is 11.1 Å². The third-order valence-electron chi connectivity index (χ3n) is 3.76. The van der Waals surface area contributed by atoms with E-state index in [0.29, 0.717) is 37.0 Å². The van der Waals surface area contributed by atoms with Crippen LogP contribution in [0.1, 0.15) is 17.4 Å². The standard InChI is InChI=1S/C19H13Cl4NO2/c1-2-26-19(25)18-12(10-3-5-13(20)15(22)7-10)9-17(24-18)11-4-6-14(21)16(23)8-11/h3-9,24H,2H2,1H3. The molecule has 1 aromatic heterocycles. The van der Waals surface area contributed by atoms with Crippen molar-refractivity contribution >= 4 is 52.4 Å². The van der Waals surface area contributed by atoms with E-state index in [2.05, 4.69) is 4.98 Å². The highest BCUT2D eigenvalue weighted by Gasteiger charge is 2.19. The van der Waals surface area contributed by atoms with Crippen molar-refractivity contribution in [3.63, 3.8) is 0 Å². The molecule has 0 unspecified atom stereocenters. The second-order valence-electron chi connectivity index (χ2n) is 5.45. The lowest BCUT2D eigenvalue weighted by atomic mass is 10.0. The van der Waals surface area contributed by atoms with Crippen molar-refractivity contribution in [1.82, 2.24) is 4.98 Å². The van der Waals surface area contributed by atoms with Crippen LogP contribution in [0.15, 0.2) is 42.5 Å². The first-order chi connectivity index (χ1) is 12.4. The van der Waals surface area contributed by atoms with Gasteiger partial charge in [0.25, 0.3) is 0 Å². The van der Waals surface area contributed by atoms with Gasteiger partial charge in [0, 0.05) is 11.3 Å². The average Bonchev–Trinajstić information content (AvgIpc) is 3.05. The molecule has 1 heterocycles. The fraction of sp³-hybridized carbons (Fsp3) is 0.105. The number of nitrogens with one attached hydrogen (secondary N) is 1. The maximum Gasteiger partial charge on any atom is 0.355 e. The van der Waals surface area contributed by atoms with Crippen LogP contribution in [0.25, 0.3) is 22.4 Å². The highest BCUT2D eigenvalue weighted by atomic mass is 35.5. The van der Waals surface area contributed by atoms with Gasteiger partial charge in [-0.05, 0) is 48.4 Å². The summed E-state index contributed by atoms with van der Waals surface area (Å²) in [5.41, 5.74) is 3.21. The van der Waals surface area contributed by atoms with Crippen LogP contribution in [0.2, 0.25) is 20.1 Å². The Bertz CT molecular complexity index is 982. The smallest absolute Gasteiger partial charge is 0.355 e. The molecule has 26 heavy (non-hydrogen) atoms. The summed E-state index contributed by atoms with van der Waals surface area (Å²) in [6.45, 7) is 2.01. The highest BCUT2D eigenvalue weighted by molar-refractivity contribution is 6.42. The lowest BCUT2D eigenvalue weighted by molar-refractivity contribution is 0.0521. The lowest BCUT2D eigenvalue weighted by Crippen LogP contribution is -2.06. The topological polar surface area (TPSA) is 42.1 Å². The van der Waals surface area contributed by atoms with Crippen LogP contribution >= 0.6 is 46.4 Å². The molecule has 0 amide bonds. The van der Waals surface area contributed by atoms with Gasteiger partial charge < -0.3 is 9.72 Å². The summed E-state index contributed by atoms with van der Waals surface area (Å²) in [6.07, 6.45) is 0. The van der Waals surface area contributed by atoms with Gasteiger partial charge in [0.15, 0.2) is 0 Å².